The van der Waals surface area contributed by atoms with Crippen LogP contribution in [0.15, 0.2) is 59.5 Å². The van der Waals surface area contributed by atoms with E-state index in [9.17, 15) is 14.4 Å². The zero-order chi connectivity index (χ0) is 21.2. The Labute approximate surface area is 175 Å². The fourth-order valence-electron chi connectivity index (χ4n) is 2.37. The van der Waals surface area contributed by atoms with Gasteiger partial charge in [-0.1, -0.05) is 30.3 Å². The second-order valence-corrected chi connectivity index (χ2v) is 7.68. The van der Waals surface area contributed by atoms with Gasteiger partial charge in [-0.25, -0.2) is 4.79 Å². The van der Waals surface area contributed by atoms with Crippen LogP contribution in [0, 0.1) is 0 Å². The van der Waals surface area contributed by atoms with Crippen molar-refractivity contribution >= 4 is 34.6 Å². The number of nitrogens with zero attached hydrogens (tertiary/aromatic N) is 2. The van der Waals surface area contributed by atoms with E-state index in [1.165, 1.54) is 4.90 Å². The van der Waals surface area contributed by atoms with Gasteiger partial charge in [-0.05, 0) is 41.6 Å². The van der Waals surface area contributed by atoms with Crippen LogP contribution in [0.3, 0.4) is 0 Å². The van der Waals surface area contributed by atoms with Crippen molar-refractivity contribution in [3.63, 3.8) is 0 Å². The lowest BCUT2D eigenvalue weighted by molar-refractivity contribution is -0.116. The molecule has 0 spiro atoms. The van der Waals surface area contributed by atoms with Gasteiger partial charge in [-0.2, -0.15) is 0 Å². The number of nitrogens with one attached hydrogen (secondary N) is 2. The number of benzene rings is 2. The van der Waals surface area contributed by atoms with Crippen LogP contribution in [0.2, 0.25) is 0 Å². The van der Waals surface area contributed by atoms with Crippen molar-refractivity contribution in [2.75, 3.05) is 33.0 Å². The maximum absolute atomic E-state index is 12.1. The molecule has 0 aliphatic rings. The molecule has 0 saturated heterocycles. The fourth-order valence-corrected chi connectivity index (χ4v) is 3.03. The van der Waals surface area contributed by atoms with E-state index in [1.54, 1.807) is 50.3 Å². The number of urea groups is 1. The van der Waals surface area contributed by atoms with Crippen molar-refractivity contribution in [1.29, 1.82) is 0 Å². The molecule has 2 aromatic carbocycles. The normalized spacial score (nSPS) is 10.2. The van der Waals surface area contributed by atoms with E-state index in [-0.39, 0.29) is 30.1 Å². The van der Waals surface area contributed by atoms with E-state index in [4.69, 9.17) is 0 Å². The second kappa shape index (κ2) is 11.1. The largest absolute Gasteiger partial charge is 0.339 e. The molecule has 0 fully saturated rings. The number of hydrogen-bond donors (Lipinski definition) is 2. The highest BCUT2D eigenvalue weighted by Crippen LogP contribution is 2.22. The standard InChI is InChI=1S/C21H26N4O3S/c1-24(2)21(28)29-18-11-9-17(10-12-18)23-19(26)13-14-22-20(27)25(3)15-16-7-5-4-6-8-16/h4-12H,13-15H2,1-3H3,(H,22,27)(H,23,26). The topological polar surface area (TPSA) is 81.8 Å². The van der Waals surface area contributed by atoms with Gasteiger partial charge in [0.05, 0.1) is 0 Å². The maximum Gasteiger partial charge on any atom is 0.317 e. The number of thioether (sulfide) groups is 1. The van der Waals surface area contributed by atoms with E-state index in [1.807, 2.05) is 30.3 Å². The Morgan fingerprint density at radius 2 is 1.59 bits per heavy atom. The average Bonchev–Trinajstić information content (AvgIpc) is 2.70. The first kappa shape index (κ1) is 22.3. The Bertz CT molecular complexity index is 826. The first-order chi connectivity index (χ1) is 13.8. The summed E-state index contributed by atoms with van der Waals surface area (Å²) < 4.78 is 0. The SMILES string of the molecule is CN(C)C(=O)Sc1ccc(NC(=O)CCNC(=O)N(C)Cc2ccccc2)cc1. The maximum atomic E-state index is 12.1. The highest BCUT2D eigenvalue weighted by Gasteiger charge is 2.10. The van der Waals surface area contributed by atoms with Gasteiger partial charge < -0.3 is 20.4 Å². The van der Waals surface area contributed by atoms with Crippen molar-refractivity contribution < 1.29 is 14.4 Å². The molecule has 2 rings (SSSR count). The summed E-state index contributed by atoms with van der Waals surface area (Å²) in [6, 6.07) is 16.5. The highest BCUT2D eigenvalue weighted by molar-refractivity contribution is 8.13. The van der Waals surface area contributed by atoms with Gasteiger partial charge in [0.25, 0.3) is 5.24 Å². The van der Waals surface area contributed by atoms with Gasteiger partial charge in [-0.15, -0.1) is 0 Å². The minimum atomic E-state index is -0.228. The molecule has 0 aromatic heterocycles. The molecular weight excluding hydrogens is 388 g/mol. The predicted octanol–water partition coefficient (Wildman–Crippen LogP) is 3.63. The van der Waals surface area contributed by atoms with Crippen molar-refractivity contribution in [2.45, 2.75) is 17.9 Å². The first-order valence-corrected chi connectivity index (χ1v) is 9.98. The van der Waals surface area contributed by atoms with Crippen LogP contribution in [0.5, 0.6) is 0 Å². The summed E-state index contributed by atoms with van der Waals surface area (Å²) in [5, 5.41) is 5.46. The van der Waals surface area contributed by atoms with Gasteiger partial charge in [0.15, 0.2) is 0 Å². The number of carbonyl (C=O) groups excluding carboxylic acids is 3. The molecule has 0 heterocycles. The van der Waals surface area contributed by atoms with E-state index in [2.05, 4.69) is 10.6 Å². The van der Waals surface area contributed by atoms with E-state index in [0.717, 1.165) is 22.2 Å². The summed E-state index contributed by atoms with van der Waals surface area (Å²) in [6.07, 6.45) is 0.167. The summed E-state index contributed by atoms with van der Waals surface area (Å²) in [6.45, 7) is 0.745. The molecule has 154 valence electrons. The molecule has 0 aliphatic carbocycles. The summed E-state index contributed by atoms with van der Waals surface area (Å²) in [7, 11) is 5.10. The van der Waals surface area contributed by atoms with Crippen molar-refractivity contribution in [1.82, 2.24) is 15.1 Å². The molecule has 4 amide bonds. The summed E-state index contributed by atoms with van der Waals surface area (Å²) in [5.74, 6) is -0.194. The van der Waals surface area contributed by atoms with Crippen LogP contribution in [-0.2, 0) is 11.3 Å². The lowest BCUT2D eigenvalue weighted by Crippen LogP contribution is -2.38. The van der Waals surface area contributed by atoms with E-state index in [0.29, 0.717) is 12.2 Å². The van der Waals surface area contributed by atoms with Crippen LogP contribution in [-0.4, -0.2) is 54.7 Å². The molecule has 0 saturated carbocycles. The van der Waals surface area contributed by atoms with Gasteiger partial charge in [0.2, 0.25) is 5.91 Å². The van der Waals surface area contributed by atoms with Gasteiger partial charge in [-0.3, -0.25) is 9.59 Å². The molecule has 0 aliphatic heterocycles. The van der Waals surface area contributed by atoms with Crippen molar-refractivity contribution in [2.24, 2.45) is 0 Å². The number of anilines is 1. The Morgan fingerprint density at radius 3 is 2.21 bits per heavy atom. The Morgan fingerprint density at radius 1 is 0.931 bits per heavy atom. The summed E-state index contributed by atoms with van der Waals surface area (Å²) >= 11 is 1.12. The van der Waals surface area contributed by atoms with Gasteiger partial charge in [0, 0.05) is 51.2 Å². The molecular formula is C21H26N4O3S. The monoisotopic (exact) mass is 414 g/mol. The molecule has 0 atom stereocenters. The minimum Gasteiger partial charge on any atom is -0.339 e. The molecule has 8 heteroatoms. The lowest BCUT2D eigenvalue weighted by Gasteiger charge is -2.18. The average molecular weight is 415 g/mol. The molecule has 0 bridgehead atoms. The molecule has 2 N–H and O–H groups in total. The van der Waals surface area contributed by atoms with Crippen LogP contribution < -0.4 is 10.6 Å². The fraction of sp³-hybridized carbons (Fsp3) is 0.286. The van der Waals surface area contributed by atoms with Gasteiger partial charge in [0.1, 0.15) is 0 Å². The molecule has 29 heavy (non-hydrogen) atoms. The quantitative estimate of drug-likeness (QED) is 0.678. The van der Waals surface area contributed by atoms with Crippen LogP contribution >= 0.6 is 11.8 Å². The molecule has 0 unspecified atom stereocenters. The van der Waals surface area contributed by atoms with Crippen molar-refractivity contribution in [3.05, 3.63) is 60.2 Å². The van der Waals surface area contributed by atoms with Crippen LogP contribution in [0.1, 0.15) is 12.0 Å². The highest BCUT2D eigenvalue weighted by atomic mass is 32.2. The van der Waals surface area contributed by atoms with E-state index < -0.39 is 0 Å². The first-order valence-electron chi connectivity index (χ1n) is 9.17. The predicted molar refractivity (Wildman–Crippen MR) is 116 cm³/mol. The zero-order valence-corrected chi connectivity index (χ0v) is 17.7. The smallest absolute Gasteiger partial charge is 0.317 e. The number of amides is 4. The van der Waals surface area contributed by atoms with Gasteiger partial charge >= 0.3 is 6.03 Å². The minimum absolute atomic E-state index is 0.0604. The number of hydrogen-bond acceptors (Lipinski definition) is 4. The third-order valence-electron chi connectivity index (χ3n) is 3.95. The van der Waals surface area contributed by atoms with Crippen molar-refractivity contribution in [3.8, 4) is 0 Å². The second-order valence-electron chi connectivity index (χ2n) is 6.66. The summed E-state index contributed by atoms with van der Waals surface area (Å²) in [5.41, 5.74) is 1.68. The molecule has 7 nitrogen and oxygen atoms in total. The lowest BCUT2D eigenvalue weighted by atomic mass is 10.2. The van der Waals surface area contributed by atoms with Crippen LogP contribution in [0.25, 0.3) is 0 Å². The zero-order valence-electron chi connectivity index (χ0n) is 16.8. The Kier molecular flexibility index (Phi) is 8.54. The Balaban J connectivity index is 1.71. The Hall–Kier alpha value is -3.00. The number of carbonyl (C=O) groups is 3. The third-order valence-corrected chi connectivity index (χ3v) is 4.99. The molecule has 0 radical (unpaired) electrons. The molecule has 2 aromatic rings. The summed E-state index contributed by atoms with van der Waals surface area (Å²) in [4.78, 5) is 39.7. The number of rotatable bonds is 7. The third kappa shape index (κ3) is 7.87. The van der Waals surface area contributed by atoms with Crippen LogP contribution in [0.4, 0.5) is 15.3 Å². The van der Waals surface area contributed by atoms with E-state index >= 15 is 0 Å².